The summed E-state index contributed by atoms with van der Waals surface area (Å²) >= 11 is 6.15. The van der Waals surface area contributed by atoms with E-state index in [-0.39, 0.29) is 17.3 Å². The van der Waals surface area contributed by atoms with E-state index in [1.807, 2.05) is 6.07 Å². The lowest BCUT2D eigenvalue weighted by Gasteiger charge is -2.30. The lowest BCUT2D eigenvalue weighted by molar-refractivity contribution is 0.281. The fourth-order valence-electron chi connectivity index (χ4n) is 5.34. The van der Waals surface area contributed by atoms with Gasteiger partial charge in [-0.05, 0) is 92.6 Å². The lowest BCUT2D eigenvalue weighted by atomic mass is 10.1. The fraction of sp³-hybridized carbons (Fsp3) is 0.314. The van der Waals surface area contributed by atoms with E-state index < -0.39 is 10.0 Å². The molecule has 0 unspecified atom stereocenters. The van der Waals surface area contributed by atoms with Gasteiger partial charge in [0.25, 0.3) is 0 Å². The second-order valence-electron chi connectivity index (χ2n) is 11.2. The Bertz CT molecular complexity index is 1570. The minimum atomic E-state index is -3.89. The third kappa shape index (κ3) is 7.78. The summed E-state index contributed by atoms with van der Waals surface area (Å²) in [6, 6.07) is 27.3. The van der Waals surface area contributed by atoms with Crippen LogP contribution in [0.1, 0.15) is 40.7 Å². The Balaban J connectivity index is 1.61. The van der Waals surface area contributed by atoms with Crippen LogP contribution in [0.25, 0.3) is 0 Å². The Morgan fingerprint density at radius 2 is 1.33 bits per heavy atom. The third-order valence-electron chi connectivity index (χ3n) is 7.92. The van der Waals surface area contributed by atoms with Crippen LogP contribution in [0.15, 0.2) is 89.8 Å². The number of ether oxygens (including phenoxy) is 1. The van der Waals surface area contributed by atoms with Gasteiger partial charge in [-0.25, -0.2) is 8.42 Å². The van der Waals surface area contributed by atoms with Gasteiger partial charge >= 0.3 is 0 Å². The molecule has 0 bridgehead atoms. The second-order valence-corrected chi connectivity index (χ2v) is 13.6. The van der Waals surface area contributed by atoms with Gasteiger partial charge in [0.05, 0.1) is 12.3 Å². The van der Waals surface area contributed by atoms with Crippen molar-refractivity contribution in [3.8, 4) is 11.5 Å². The molecule has 1 aliphatic heterocycles. The van der Waals surface area contributed by atoms with E-state index in [9.17, 15) is 13.5 Å². The van der Waals surface area contributed by atoms with Crippen molar-refractivity contribution in [2.75, 3.05) is 31.1 Å². The molecule has 4 aromatic rings. The number of hydrogen-bond donors (Lipinski definition) is 1. The summed E-state index contributed by atoms with van der Waals surface area (Å²) in [5.41, 5.74) is 5.94. The molecule has 4 aromatic carbocycles. The molecule has 1 N–H and O–H groups in total. The van der Waals surface area contributed by atoms with Crippen LogP contribution in [0.2, 0.25) is 5.02 Å². The van der Waals surface area contributed by atoms with Crippen LogP contribution in [0.5, 0.6) is 11.5 Å². The first kappa shape index (κ1) is 31.1. The highest BCUT2D eigenvalue weighted by molar-refractivity contribution is 7.89. The molecule has 0 amide bonds. The van der Waals surface area contributed by atoms with Crippen molar-refractivity contribution in [3.63, 3.8) is 0 Å². The normalized spacial score (nSPS) is 13.8. The molecule has 1 saturated heterocycles. The Labute approximate surface area is 260 Å². The highest BCUT2D eigenvalue weighted by Gasteiger charge is 2.33. The van der Waals surface area contributed by atoms with Crippen molar-refractivity contribution >= 4 is 27.3 Å². The molecule has 0 spiro atoms. The summed E-state index contributed by atoms with van der Waals surface area (Å²) in [6.07, 6.45) is 3.15. The van der Waals surface area contributed by atoms with Gasteiger partial charge in [-0.3, -0.25) is 0 Å². The van der Waals surface area contributed by atoms with Crippen LogP contribution in [-0.4, -0.2) is 44.0 Å². The third-order valence-corrected chi connectivity index (χ3v) is 10.1. The molecular weight excluding hydrogens is 580 g/mol. The van der Waals surface area contributed by atoms with Crippen molar-refractivity contribution in [1.29, 1.82) is 0 Å². The van der Waals surface area contributed by atoms with Gasteiger partial charge in [0, 0.05) is 31.2 Å². The lowest BCUT2D eigenvalue weighted by Crippen LogP contribution is -2.31. The zero-order chi connectivity index (χ0) is 30.4. The molecule has 1 aliphatic rings. The minimum Gasteiger partial charge on any atom is -0.454 e. The molecule has 0 aliphatic carbocycles. The maximum absolute atomic E-state index is 14.1. The van der Waals surface area contributed by atoms with Crippen LogP contribution in [0.4, 0.5) is 5.69 Å². The van der Waals surface area contributed by atoms with E-state index in [4.69, 9.17) is 16.3 Å². The number of rotatable bonds is 12. The van der Waals surface area contributed by atoms with Gasteiger partial charge in [0.15, 0.2) is 5.75 Å². The highest BCUT2D eigenvalue weighted by Crippen LogP contribution is 2.42. The van der Waals surface area contributed by atoms with Crippen LogP contribution < -0.4 is 9.64 Å². The van der Waals surface area contributed by atoms with E-state index in [1.165, 1.54) is 26.6 Å². The average molecular weight is 619 g/mol. The first-order valence-electron chi connectivity index (χ1n) is 14.8. The van der Waals surface area contributed by atoms with E-state index in [1.54, 1.807) is 30.3 Å². The summed E-state index contributed by atoms with van der Waals surface area (Å²) in [5.74, 6) is 0.747. The molecule has 0 aromatic heterocycles. The molecular formula is C35H39ClN2O4S. The van der Waals surface area contributed by atoms with Gasteiger partial charge in [0.1, 0.15) is 10.6 Å². The smallest absolute Gasteiger partial charge is 0.246 e. The zero-order valence-electron chi connectivity index (χ0n) is 24.8. The summed E-state index contributed by atoms with van der Waals surface area (Å²) in [4.78, 5) is 2.26. The standard InChI is InChI=1S/C35H39ClN2O4S/c1-26-5-9-28(10-6-26)17-21-37(22-18-29-11-7-27(2)8-12-29)33-23-30(25-39)24-34(43(40,41)38-19-3-4-20-38)35(33)42-32-15-13-31(36)14-16-32/h5-16,23-24,39H,3-4,17-22,25H2,1-2H3. The summed E-state index contributed by atoms with van der Waals surface area (Å²) < 4.78 is 36.2. The monoisotopic (exact) mass is 618 g/mol. The van der Waals surface area contributed by atoms with E-state index in [2.05, 4.69) is 67.3 Å². The SMILES string of the molecule is Cc1ccc(CCN(CCc2ccc(C)cc2)c2cc(CO)cc(S(=O)(=O)N3CCCC3)c2Oc2ccc(Cl)cc2)cc1. The number of nitrogens with zero attached hydrogens (tertiary/aromatic N) is 2. The van der Waals surface area contributed by atoms with Gasteiger partial charge in [-0.2, -0.15) is 4.31 Å². The maximum Gasteiger partial charge on any atom is 0.246 e. The first-order chi connectivity index (χ1) is 20.7. The zero-order valence-corrected chi connectivity index (χ0v) is 26.4. The highest BCUT2D eigenvalue weighted by atomic mass is 35.5. The van der Waals surface area contributed by atoms with Gasteiger partial charge in [0.2, 0.25) is 10.0 Å². The number of hydrogen-bond acceptors (Lipinski definition) is 5. The summed E-state index contributed by atoms with van der Waals surface area (Å²) in [5, 5.41) is 10.9. The number of aryl methyl sites for hydroxylation is 2. The summed E-state index contributed by atoms with van der Waals surface area (Å²) in [6.45, 7) is 6.04. The Hall–Kier alpha value is -3.36. The van der Waals surface area contributed by atoms with E-state index >= 15 is 0 Å². The van der Waals surface area contributed by atoms with Crippen molar-refractivity contribution < 1.29 is 18.3 Å². The Kier molecular flexibility index (Phi) is 10.1. The summed E-state index contributed by atoms with van der Waals surface area (Å²) in [7, 11) is -3.89. The van der Waals surface area contributed by atoms with Crippen LogP contribution >= 0.6 is 11.6 Å². The van der Waals surface area contributed by atoms with Crippen molar-refractivity contribution in [3.05, 3.63) is 118 Å². The quantitative estimate of drug-likeness (QED) is 0.180. The average Bonchev–Trinajstić information content (AvgIpc) is 3.57. The first-order valence-corrected chi connectivity index (χ1v) is 16.6. The van der Waals surface area contributed by atoms with Crippen molar-refractivity contribution in [2.24, 2.45) is 0 Å². The van der Waals surface area contributed by atoms with Crippen molar-refractivity contribution in [2.45, 2.75) is 51.0 Å². The number of benzene rings is 4. The predicted molar refractivity (Wildman–Crippen MR) is 174 cm³/mol. The van der Waals surface area contributed by atoms with Gasteiger partial charge in [-0.15, -0.1) is 0 Å². The molecule has 6 nitrogen and oxygen atoms in total. The van der Waals surface area contributed by atoms with Crippen LogP contribution in [0, 0.1) is 13.8 Å². The maximum atomic E-state index is 14.1. The molecule has 0 atom stereocenters. The number of aliphatic hydroxyl groups excluding tert-OH is 1. The van der Waals surface area contributed by atoms with Crippen molar-refractivity contribution in [1.82, 2.24) is 4.31 Å². The molecule has 8 heteroatoms. The van der Waals surface area contributed by atoms with Crippen LogP contribution in [0.3, 0.4) is 0 Å². The molecule has 226 valence electrons. The van der Waals surface area contributed by atoms with Crippen LogP contribution in [-0.2, 0) is 29.5 Å². The minimum absolute atomic E-state index is 0.0709. The predicted octanol–water partition coefficient (Wildman–Crippen LogP) is 7.32. The molecule has 0 radical (unpaired) electrons. The van der Waals surface area contributed by atoms with Gasteiger partial charge < -0.3 is 14.7 Å². The molecule has 5 rings (SSSR count). The van der Waals surface area contributed by atoms with E-state index in [0.29, 0.717) is 48.2 Å². The number of halogens is 1. The topological polar surface area (TPSA) is 70.1 Å². The fourth-order valence-corrected chi connectivity index (χ4v) is 7.17. The largest absolute Gasteiger partial charge is 0.454 e. The molecule has 43 heavy (non-hydrogen) atoms. The number of sulfonamides is 1. The van der Waals surface area contributed by atoms with Gasteiger partial charge in [-0.1, -0.05) is 71.3 Å². The van der Waals surface area contributed by atoms with E-state index in [0.717, 1.165) is 25.7 Å². The molecule has 1 fully saturated rings. The Morgan fingerprint density at radius 1 is 0.791 bits per heavy atom. The molecule has 0 saturated carbocycles. The Morgan fingerprint density at radius 3 is 1.84 bits per heavy atom. The molecule has 1 heterocycles. The number of anilines is 1. The number of aliphatic hydroxyl groups is 1. The second kappa shape index (κ2) is 14.0.